The van der Waals surface area contributed by atoms with Crippen molar-refractivity contribution >= 4 is 35.4 Å². The van der Waals surface area contributed by atoms with E-state index in [9.17, 15) is 14.4 Å². The van der Waals surface area contributed by atoms with Crippen molar-refractivity contribution in [1.82, 2.24) is 10.5 Å². The Morgan fingerprint density at radius 1 is 1.36 bits per heavy atom. The first-order chi connectivity index (χ1) is 11.9. The van der Waals surface area contributed by atoms with Crippen molar-refractivity contribution < 1.29 is 23.6 Å². The quantitative estimate of drug-likeness (QED) is 0.670. The summed E-state index contributed by atoms with van der Waals surface area (Å²) in [5.74, 6) is -0.0957. The van der Waals surface area contributed by atoms with Crippen molar-refractivity contribution in [2.45, 2.75) is 51.7 Å². The predicted octanol–water partition coefficient (Wildman–Crippen LogP) is 1.65. The number of carbonyl (C=O) groups is 3. The van der Waals surface area contributed by atoms with Crippen molar-refractivity contribution in [3.8, 4) is 0 Å². The zero-order chi connectivity index (χ0) is 18.2. The lowest BCUT2D eigenvalue weighted by atomic mass is 10.2. The highest BCUT2D eigenvalue weighted by Gasteiger charge is 2.23. The van der Waals surface area contributed by atoms with E-state index in [1.54, 1.807) is 19.9 Å². The molecule has 0 bridgehead atoms. The first-order valence-electron chi connectivity index (χ1n) is 8.25. The molecule has 1 aliphatic carbocycles. The molecule has 0 spiro atoms. The van der Waals surface area contributed by atoms with E-state index in [-0.39, 0.29) is 29.4 Å². The molecule has 2 N–H and O–H groups in total. The van der Waals surface area contributed by atoms with Crippen LogP contribution in [0, 0.1) is 6.92 Å². The summed E-state index contributed by atoms with van der Waals surface area (Å²) >= 11 is 1.11. The third-order valence-corrected chi connectivity index (χ3v) is 4.63. The van der Waals surface area contributed by atoms with Crippen molar-refractivity contribution in [3.63, 3.8) is 0 Å². The van der Waals surface area contributed by atoms with Gasteiger partial charge in [0.1, 0.15) is 5.76 Å². The molecule has 9 heteroatoms. The molecule has 138 valence electrons. The Kier molecular flexibility index (Phi) is 7.30. The zero-order valence-electron chi connectivity index (χ0n) is 14.4. The molecular weight excluding hydrogens is 346 g/mol. The lowest BCUT2D eigenvalue weighted by Gasteiger charge is -2.17. The van der Waals surface area contributed by atoms with E-state index < -0.39 is 12.1 Å². The number of esters is 1. The molecule has 0 radical (unpaired) electrons. The number of anilines is 1. The van der Waals surface area contributed by atoms with E-state index in [1.807, 2.05) is 0 Å². The first-order valence-corrected chi connectivity index (χ1v) is 9.40. The third kappa shape index (κ3) is 6.77. The number of rotatable bonds is 8. The Morgan fingerprint density at radius 2 is 2.08 bits per heavy atom. The number of carbonyl (C=O) groups excluding carboxylic acids is 3. The van der Waals surface area contributed by atoms with E-state index in [1.165, 1.54) is 0 Å². The Bertz CT molecular complexity index is 613. The maximum atomic E-state index is 11.9. The molecule has 1 atom stereocenters. The highest BCUT2D eigenvalue weighted by molar-refractivity contribution is 8.00. The summed E-state index contributed by atoms with van der Waals surface area (Å²) < 4.78 is 9.93. The number of ether oxygens (including phenoxy) is 1. The van der Waals surface area contributed by atoms with Crippen LogP contribution in [0.3, 0.4) is 0 Å². The molecular formula is C16H23N3O5S. The molecule has 2 rings (SSSR count). The molecule has 25 heavy (non-hydrogen) atoms. The molecule has 0 aliphatic heterocycles. The van der Waals surface area contributed by atoms with Crippen LogP contribution in [-0.2, 0) is 19.1 Å². The van der Waals surface area contributed by atoms with Gasteiger partial charge in [-0.15, -0.1) is 11.8 Å². The first kappa shape index (κ1) is 19.3. The minimum atomic E-state index is -0.833. The topological polar surface area (TPSA) is 111 Å². The number of nitrogens with zero attached hydrogens (tertiary/aromatic N) is 1. The van der Waals surface area contributed by atoms with Crippen LogP contribution < -0.4 is 10.6 Å². The van der Waals surface area contributed by atoms with Crippen LogP contribution in [0.5, 0.6) is 0 Å². The van der Waals surface area contributed by atoms with Gasteiger partial charge in [-0.2, -0.15) is 0 Å². The van der Waals surface area contributed by atoms with Crippen molar-refractivity contribution in [2.75, 3.05) is 16.8 Å². The van der Waals surface area contributed by atoms with Gasteiger partial charge in [0.25, 0.3) is 5.91 Å². The number of thioether (sulfide) groups is 1. The minimum absolute atomic E-state index is 0.00763. The van der Waals surface area contributed by atoms with Gasteiger partial charge in [0.15, 0.2) is 11.9 Å². The van der Waals surface area contributed by atoms with E-state index >= 15 is 0 Å². The fourth-order valence-electron chi connectivity index (χ4n) is 2.50. The zero-order valence-corrected chi connectivity index (χ0v) is 15.2. The van der Waals surface area contributed by atoms with Crippen LogP contribution in [0.4, 0.5) is 5.82 Å². The summed E-state index contributed by atoms with van der Waals surface area (Å²) in [6.45, 7) is 3.27. The van der Waals surface area contributed by atoms with Gasteiger partial charge in [-0.3, -0.25) is 14.4 Å². The number of amides is 2. The summed E-state index contributed by atoms with van der Waals surface area (Å²) in [6.07, 6.45) is 3.35. The minimum Gasteiger partial charge on any atom is -0.452 e. The monoisotopic (exact) mass is 369 g/mol. The summed E-state index contributed by atoms with van der Waals surface area (Å²) in [5, 5.41) is 9.09. The number of hydrogen-bond donors (Lipinski definition) is 2. The largest absolute Gasteiger partial charge is 0.452 e. The Labute approximate surface area is 150 Å². The van der Waals surface area contributed by atoms with Gasteiger partial charge >= 0.3 is 5.97 Å². The van der Waals surface area contributed by atoms with E-state index in [0.29, 0.717) is 11.6 Å². The summed E-state index contributed by atoms with van der Waals surface area (Å²) in [6, 6.07) is 1.79. The van der Waals surface area contributed by atoms with Crippen LogP contribution in [0.2, 0.25) is 0 Å². The van der Waals surface area contributed by atoms with Gasteiger partial charge in [-0.1, -0.05) is 18.0 Å². The maximum absolute atomic E-state index is 11.9. The molecule has 1 saturated carbocycles. The third-order valence-electron chi connectivity index (χ3n) is 3.73. The smallest absolute Gasteiger partial charge is 0.316 e. The summed E-state index contributed by atoms with van der Waals surface area (Å²) in [7, 11) is 0. The van der Waals surface area contributed by atoms with Crippen molar-refractivity contribution in [1.29, 1.82) is 0 Å². The Hall–Kier alpha value is -2.03. The molecule has 2 amide bonds. The SMILES string of the molecule is Cc1cc(NC(=O)CSCC(=O)O[C@H](C)C(=O)NC2CCCC2)no1. The molecule has 0 aromatic carbocycles. The van der Waals surface area contributed by atoms with Gasteiger partial charge in [0, 0.05) is 12.1 Å². The molecule has 1 heterocycles. The van der Waals surface area contributed by atoms with E-state index in [4.69, 9.17) is 9.26 Å². The second kappa shape index (κ2) is 9.45. The van der Waals surface area contributed by atoms with Gasteiger partial charge in [0.2, 0.25) is 5.91 Å². The van der Waals surface area contributed by atoms with Gasteiger partial charge in [0.05, 0.1) is 11.5 Å². The highest BCUT2D eigenvalue weighted by Crippen LogP contribution is 2.17. The van der Waals surface area contributed by atoms with E-state index in [0.717, 1.165) is 37.4 Å². The van der Waals surface area contributed by atoms with Crippen LogP contribution in [0.1, 0.15) is 38.4 Å². The van der Waals surface area contributed by atoms with Crippen LogP contribution in [0.15, 0.2) is 10.6 Å². The molecule has 1 aromatic heterocycles. The Morgan fingerprint density at radius 3 is 2.72 bits per heavy atom. The fraction of sp³-hybridized carbons (Fsp3) is 0.625. The molecule has 1 fully saturated rings. The number of hydrogen-bond acceptors (Lipinski definition) is 7. The van der Waals surface area contributed by atoms with Gasteiger partial charge in [-0.25, -0.2) is 0 Å². The van der Waals surface area contributed by atoms with Crippen molar-refractivity contribution in [3.05, 3.63) is 11.8 Å². The number of aromatic nitrogens is 1. The second-order valence-corrected chi connectivity index (χ2v) is 6.97. The maximum Gasteiger partial charge on any atom is 0.316 e. The van der Waals surface area contributed by atoms with Crippen LogP contribution >= 0.6 is 11.8 Å². The van der Waals surface area contributed by atoms with Gasteiger partial charge < -0.3 is 19.9 Å². The lowest BCUT2D eigenvalue weighted by Crippen LogP contribution is -2.41. The Balaban J connectivity index is 1.60. The molecule has 8 nitrogen and oxygen atoms in total. The molecule has 0 saturated heterocycles. The lowest BCUT2D eigenvalue weighted by molar-refractivity contribution is -0.152. The van der Waals surface area contributed by atoms with Crippen molar-refractivity contribution in [2.24, 2.45) is 0 Å². The average Bonchev–Trinajstić information content (AvgIpc) is 3.19. The summed E-state index contributed by atoms with van der Waals surface area (Å²) in [4.78, 5) is 35.4. The fourth-order valence-corrected chi connectivity index (χ4v) is 3.10. The van der Waals surface area contributed by atoms with Crippen LogP contribution in [0.25, 0.3) is 0 Å². The van der Waals surface area contributed by atoms with Gasteiger partial charge in [-0.05, 0) is 26.7 Å². The normalized spacial score (nSPS) is 15.6. The number of aryl methyl sites for hydroxylation is 1. The molecule has 1 aromatic rings. The molecule has 1 aliphatic rings. The van der Waals surface area contributed by atoms with Crippen LogP contribution in [-0.4, -0.2) is 46.6 Å². The summed E-state index contributed by atoms with van der Waals surface area (Å²) in [5.41, 5.74) is 0. The number of nitrogens with one attached hydrogen (secondary N) is 2. The standard InChI is InChI=1S/C16H23N3O5S/c1-10-7-13(19-24-10)18-14(20)8-25-9-15(21)23-11(2)16(22)17-12-5-3-4-6-12/h7,11-12H,3-6,8-9H2,1-2H3,(H,17,22)(H,18,19,20)/t11-/m1/s1. The molecule has 0 unspecified atom stereocenters. The average molecular weight is 369 g/mol. The highest BCUT2D eigenvalue weighted by atomic mass is 32.2. The van der Waals surface area contributed by atoms with E-state index in [2.05, 4.69) is 15.8 Å². The predicted molar refractivity (Wildman–Crippen MR) is 93.1 cm³/mol. The second-order valence-electron chi connectivity index (χ2n) is 5.99.